The monoisotopic (exact) mass is 324 g/mol. The summed E-state index contributed by atoms with van der Waals surface area (Å²) in [5.74, 6) is 1.89. The van der Waals surface area contributed by atoms with E-state index in [2.05, 4.69) is 37.5 Å². The summed E-state index contributed by atoms with van der Waals surface area (Å²) in [4.78, 5) is 5.39. The summed E-state index contributed by atoms with van der Waals surface area (Å²) >= 11 is 0. The number of hydrogen-bond acceptors (Lipinski definition) is 3. The molecule has 0 aromatic carbocycles. The summed E-state index contributed by atoms with van der Waals surface area (Å²) in [5.41, 5.74) is 0. The zero-order valence-corrected chi connectivity index (χ0v) is 16.1. The van der Waals surface area contributed by atoms with E-state index in [1.54, 1.807) is 0 Å². The Morgan fingerprint density at radius 1 is 0.870 bits per heavy atom. The first-order chi connectivity index (χ1) is 11.0. The average molecular weight is 325 g/mol. The van der Waals surface area contributed by atoms with Crippen LogP contribution in [0.5, 0.6) is 0 Å². The van der Waals surface area contributed by atoms with Crippen molar-refractivity contribution in [1.82, 2.24) is 9.80 Å². The zero-order valence-electron chi connectivity index (χ0n) is 16.1. The summed E-state index contributed by atoms with van der Waals surface area (Å²) < 4.78 is 5.67. The molecule has 2 aliphatic heterocycles. The quantitative estimate of drug-likeness (QED) is 0.627. The molecular formula is C20H40N2O. The summed E-state index contributed by atoms with van der Waals surface area (Å²) in [7, 11) is 0. The van der Waals surface area contributed by atoms with Gasteiger partial charge >= 0.3 is 0 Å². The Balaban J connectivity index is 1.55. The fraction of sp³-hybridized carbons (Fsp3) is 1.00. The molecule has 0 atom stereocenters. The molecule has 2 aliphatic rings. The van der Waals surface area contributed by atoms with Crippen molar-refractivity contribution in [3.05, 3.63) is 0 Å². The summed E-state index contributed by atoms with van der Waals surface area (Å²) in [6.45, 7) is 16.5. The van der Waals surface area contributed by atoms with Crippen LogP contribution in [0.25, 0.3) is 0 Å². The van der Waals surface area contributed by atoms with Crippen molar-refractivity contribution in [3.63, 3.8) is 0 Å². The van der Waals surface area contributed by atoms with E-state index in [1.165, 1.54) is 71.2 Å². The number of nitrogens with zero attached hydrogens (tertiary/aromatic N) is 2. The van der Waals surface area contributed by atoms with Crippen molar-refractivity contribution in [3.8, 4) is 0 Å². The molecule has 23 heavy (non-hydrogen) atoms. The number of hydrogen-bond donors (Lipinski definition) is 0. The molecule has 0 spiro atoms. The lowest BCUT2D eigenvalue weighted by Crippen LogP contribution is -2.43. The fourth-order valence-corrected chi connectivity index (χ4v) is 4.17. The molecule has 0 amide bonds. The molecule has 136 valence electrons. The third kappa shape index (κ3) is 7.11. The highest BCUT2D eigenvalue weighted by Gasteiger charge is 2.25. The van der Waals surface area contributed by atoms with E-state index in [1.807, 2.05) is 0 Å². The van der Waals surface area contributed by atoms with Crippen LogP contribution in [0, 0.1) is 11.8 Å². The maximum Gasteiger partial charge on any atom is 0.0518 e. The van der Waals surface area contributed by atoms with Crippen molar-refractivity contribution in [1.29, 1.82) is 0 Å². The van der Waals surface area contributed by atoms with Gasteiger partial charge in [-0.3, -0.25) is 0 Å². The number of ether oxygens (including phenoxy) is 1. The van der Waals surface area contributed by atoms with E-state index in [4.69, 9.17) is 4.74 Å². The van der Waals surface area contributed by atoms with Crippen molar-refractivity contribution >= 4 is 0 Å². The van der Waals surface area contributed by atoms with Gasteiger partial charge in [-0.15, -0.1) is 0 Å². The van der Waals surface area contributed by atoms with Crippen LogP contribution in [-0.2, 0) is 4.74 Å². The molecule has 0 aromatic rings. The topological polar surface area (TPSA) is 15.7 Å². The predicted molar refractivity (Wildman–Crippen MR) is 98.9 cm³/mol. The second-order valence-corrected chi connectivity index (χ2v) is 8.38. The number of rotatable bonds is 8. The van der Waals surface area contributed by atoms with Gasteiger partial charge in [0, 0.05) is 19.2 Å². The molecule has 0 bridgehead atoms. The molecule has 0 saturated carbocycles. The van der Waals surface area contributed by atoms with E-state index in [9.17, 15) is 0 Å². The van der Waals surface area contributed by atoms with Crippen LogP contribution in [0.1, 0.15) is 66.2 Å². The van der Waals surface area contributed by atoms with Gasteiger partial charge in [0.1, 0.15) is 0 Å². The number of likely N-dealkylation sites (tertiary alicyclic amines) is 2. The second-order valence-electron chi connectivity index (χ2n) is 8.38. The van der Waals surface area contributed by atoms with Crippen molar-refractivity contribution in [2.45, 2.75) is 78.4 Å². The Kier molecular flexibility index (Phi) is 8.35. The molecule has 2 fully saturated rings. The van der Waals surface area contributed by atoms with Crippen LogP contribution in [0.15, 0.2) is 0 Å². The fourth-order valence-electron chi connectivity index (χ4n) is 4.17. The van der Waals surface area contributed by atoms with E-state index in [0.717, 1.165) is 24.5 Å². The zero-order chi connectivity index (χ0) is 16.7. The Bertz CT molecular complexity index is 303. The maximum absolute atomic E-state index is 5.67. The Morgan fingerprint density at radius 2 is 1.48 bits per heavy atom. The van der Waals surface area contributed by atoms with Crippen LogP contribution < -0.4 is 0 Å². The molecule has 2 saturated heterocycles. The van der Waals surface area contributed by atoms with Gasteiger partial charge in [-0.05, 0) is 104 Å². The SMILES string of the molecule is CC(C)OCCCC1CCN(CC2CCN(C(C)C)CC2)CC1. The van der Waals surface area contributed by atoms with Crippen molar-refractivity contribution in [2.24, 2.45) is 11.8 Å². The Morgan fingerprint density at radius 3 is 2.04 bits per heavy atom. The first-order valence-electron chi connectivity index (χ1n) is 10.1. The third-order valence-corrected chi connectivity index (χ3v) is 5.81. The normalized spacial score (nSPS) is 23.2. The molecule has 2 rings (SSSR count). The summed E-state index contributed by atoms with van der Waals surface area (Å²) in [6.07, 6.45) is 8.64. The van der Waals surface area contributed by atoms with Crippen LogP contribution in [0.3, 0.4) is 0 Å². The minimum Gasteiger partial charge on any atom is -0.379 e. The first-order valence-corrected chi connectivity index (χ1v) is 10.1. The highest BCUT2D eigenvalue weighted by Crippen LogP contribution is 2.25. The Hall–Kier alpha value is -0.120. The smallest absolute Gasteiger partial charge is 0.0518 e. The lowest BCUT2D eigenvalue weighted by atomic mass is 9.90. The standard InChI is InChI=1S/C20H40N2O/c1-17(2)22-13-9-20(10-14-22)16-21-11-7-19(8-12-21)6-5-15-23-18(3)4/h17-20H,5-16H2,1-4H3. The molecule has 0 radical (unpaired) electrons. The van der Waals surface area contributed by atoms with Crippen LogP contribution in [-0.4, -0.2) is 61.3 Å². The van der Waals surface area contributed by atoms with Gasteiger partial charge < -0.3 is 14.5 Å². The number of piperidine rings is 2. The van der Waals surface area contributed by atoms with Gasteiger partial charge in [0.15, 0.2) is 0 Å². The minimum absolute atomic E-state index is 0.388. The van der Waals surface area contributed by atoms with Crippen molar-refractivity contribution in [2.75, 3.05) is 39.3 Å². The molecule has 0 unspecified atom stereocenters. The summed E-state index contributed by atoms with van der Waals surface area (Å²) in [5, 5.41) is 0. The van der Waals surface area contributed by atoms with Crippen molar-refractivity contribution < 1.29 is 4.74 Å². The van der Waals surface area contributed by atoms with Gasteiger partial charge in [-0.2, -0.15) is 0 Å². The lowest BCUT2D eigenvalue weighted by molar-refractivity contribution is 0.0683. The second kappa shape index (κ2) is 10.0. The van der Waals surface area contributed by atoms with E-state index in [0.29, 0.717) is 6.10 Å². The molecule has 0 aliphatic carbocycles. The largest absolute Gasteiger partial charge is 0.379 e. The van der Waals surface area contributed by atoms with Gasteiger partial charge in [0.05, 0.1) is 6.10 Å². The van der Waals surface area contributed by atoms with Gasteiger partial charge in [0.25, 0.3) is 0 Å². The average Bonchev–Trinajstić information content (AvgIpc) is 2.53. The van der Waals surface area contributed by atoms with Crippen LogP contribution >= 0.6 is 0 Å². The third-order valence-electron chi connectivity index (χ3n) is 5.81. The highest BCUT2D eigenvalue weighted by atomic mass is 16.5. The van der Waals surface area contributed by atoms with Gasteiger partial charge in [-0.25, -0.2) is 0 Å². The Labute approximate surface area is 144 Å². The minimum atomic E-state index is 0.388. The highest BCUT2D eigenvalue weighted by molar-refractivity contribution is 4.79. The van der Waals surface area contributed by atoms with E-state index in [-0.39, 0.29) is 0 Å². The first kappa shape index (κ1) is 19.2. The van der Waals surface area contributed by atoms with Crippen LogP contribution in [0.4, 0.5) is 0 Å². The molecule has 3 nitrogen and oxygen atoms in total. The molecule has 0 aromatic heterocycles. The predicted octanol–water partition coefficient (Wildman–Crippen LogP) is 4.02. The molecule has 0 N–H and O–H groups in total. The van der Waals surface area contributed by atoms with E-state index < -0.39 is 0 Å². The maximum atomic E-state index is 5.67. The van der Waals surface area contributed by atoms with E-state index >= 15 is 0 Å². The van der Waals surface area contributed by atoms with Crippen LogP contribution in [0.2, 0.25) is 0 Å². The summed E-state index contributed by atoms with van der Waals surface area (Å²) in [6, 6.07) is 0.728. The molecule has 2 heterocycles. The van der Waals surface area contributed by atoms with Gasteiger partial charge in [-0.1, -0.05) is 0 Å². The van der Waals surface area contributed by atoms with Gasteiger partial charge in [0.2, 0.25) is 0 Å². The lowest BCUT2D eigenvalue weighted by Gasteiger charge is -2.39. The molecular weight excluding hydrogens is 284 g/mol. The molecule has 3 heteroatoms.